The molecule has 0 spiro atoms. The summed E-state index contributed by atoms with van der Waals surface area (Å²) in [5.41, 5.74) is 2.75. The molecule has 1 unspecified atom stereocenters. The van der Waals surface area contributed by atoms with Crippen LogP contribution in [0.25, 0.3) is 10.1 Å². The summed E-state index contributed by atoms with van der Waals surface area (Å²) in [6, 6.07) is 7.55. The molecule has 1 fully saturated rings. The Kier molecular flexibility index (Phi) is 5.33. The molecule has 30 heavy (non-hydrogen) atoms. The quantitative estimate of drug-likeness (QED) is 0.711. The summed E-state index contributed by atoms with van der Waals surface area (Å²) >= 11 is 1.38. The SMILES string of the molecule is COC(=O)C1=C(CO)NC(C2CC2)=C(C(=O)OC)C1c1csc2c(C#N)cccc12. The number of thiophene rings is 1. The fourth-order valence-electron chi connectivity index (χ4n) is 3.98. The monoisotopic (exact) mass is 424 g/mol. The minimum absolute atomic E-state index is 0.141. The van der Waals surface area contributed by atoms with Crippen LogP contribution in [0.3, 0.4) is 0 Å². The minimum atomic E-state index is -0.772. The average Bonchev–Trinajstić information content (AvgIpc) is 3.54. The molecular formula is C22H20N2O5S. The molecule has 0 amide bonds. The first kappa shape index (κ1) is 20.1. The van der Waals surface area contributed by atoms with E-state index >= 15 is 0 Å². The number of nitriles is 1. The summed E-state index contributed by atoms with van der Waals surface area (Å²) in [6.07, 6.45) is 1.82. The van der Waals surface area contributed by atoms with E-state index in [4.69, 9.17) is 9.47 Å². The van der Waals surface area contributed by atoms with Crippen molar-refractivity contribution in [2.45, 2.75) is 18.8 Å². The molecule has 4 rings (SSSR count). The molecule has 2 aromatic rings. The normalized spacial score (nSPS) is 18.8. The number of benzene rings is 1. The van der Waals surface area contributed by atoms with Gasteiger partial charge in [-0.1, -0.05) is 12.1 Å². The van der Waals surface area contributed by atoms with E-state index in [1.807, 2.05) is 11.4 Å². The van der Waals surface area contributed by atoms with E-state index in [0.29, 0.717) is 28.1 Å². The van der Waals surface area contributed by atoms with Crippen LogP contribution in [0.15, 0.2) is 46.1 Å². The summed E-state index contributed by atoms with van der Waals surface area (Å²) in [5.74, 6) is -1.80. The number of methoxy groups -OCH3 is 2. The largest absolute Gasteiger partial charge is 0.466 e. The number of carbonyl (C=O) groups is 2. The van der Waals surface area contributed by atoms with Crippen LogP contribution in [0.2, 0.25) is 0 Å². The first-order chi connectivity index (χ1) is 14.5. The third kappa shape index (κ3) is 3.16. The number of hydrogen-bond donors (Lipinski definition) is 2. The maximum Gasteiger partial charge on any atom is 0.336 e. The molecule has 154 valence electrons. The van der Waals surface area contributed by atoms with Crippen molar-refractivity contribution < 1.29 is 24.2 Å². The fourth-order valence-corrected chi connectivity index (χ4v) is 5.04. The third-order valence-corrected chi connectivity index (χ3v) is 6.54. The van der Waals surface area contributed by atoms with E-state index in [-0.39, 0.29) is 11.5 Å². The van der Waals surface area contributed by atoms with Gasteiger partial charge in [-0.25, -0.2) is 9.59 Å². The smallest absolute Gasteiger partial charge is 0.336 e. The predicted molar refractivity (Wildman–Crippen MR) is 110 cm³/mol. The van der Waals surface area contributed by atoms with Gasteiger partial charge < -0.3 is 19.9 Å². The van der Waals surface area contributed by atoms with Gasteiger partial charge in [0.1, 0.15) is 6.07 Å². The van der Waals surface area contributed by atoms with Crippen molar-refractivity contribution in [3.05, 3.63) is 57.2 Å². The van der Waals surface area contributed by atoms with Crippen LogP contribution in [0.4, 0.5) is 0 Å². The first-order valence-electron chi connectivity index (χ1n) is 9.47. The van der Waals surface area contributed by atoms with Gasteiger partial charge in [0, 0.05) is 5.70 Å². The lowest BCUT2D eigenvalue weighted by atomic mass is 9.79. The molecule has 2 N–H and O–H groups in total. The highest BCUT2D eigenvalue weighted by Crippen LogP contribution is 2.48. The number of hydrogen-bond acceptors (Lipinski definition) is 8. The molecular weight excluding hydrogens is 404 g/mol. The molecule has 1 saturated carbocycles. The summed E-state index contributed by atoms with van der Waals surface area (Å²) in [6.45, 7) is -0.406. The topological polar surface area (TPSA) is 109 Å². The standard InChI is InChI=1S/C22H20N2O5S/c1-28-21(26)17-15(9-25)24-19(11-6-7-11)18(22(27)29-2)16(17)14-10-30-20-12(8-23)4-3-5-13(14)20/h3-5,10-11,16,24-25H,6-7,9H2,1-2H3. The van der Waals surface area contributed by atoms with Crippen molar-refractivity contribution in [1.29, 1.82) is 5.26 Å². The predicted octanol–water partition coefficient (Wildman–Crippen LogP) is 2.72. The maximum absolute atomic E-state index is 12.9. The highest BCUT2D eigenvalue weighted by molar-refractivity contribution is 7.17. The second kappa shape index (κ2) is 7.94. The molecule has 2 heterocycles. The Labute approximate surface area is 177 Å². The van der Waals surface area contributed by atoms with Crippen LogP contribution >= 0.6 is 11.3 Å². The number of aliphatic hydroxyl groups is 1. The zero-order valence-corrected chi connectivity index (χ0v) is 17.3. The van der Waals surface area contributed by atoms with Gasteiger partial charge >= 0.3 is 11.9 Å². The van der Waals surface area contributed by atoms with Crippen molar-refractivity contribution in [3.8, 4) is 6.07 Å². The van der Waals surface area contributed by atoms with Crippen LogP contribution in [-0.2, 0) is 19.1 Å². The van der Waals surface area contributed by atoms with Gasteiger partial charge in [0.2, 0.25) is 0 Å². The van der Waals surface area contributed by atoms with Gasteiger partial charge in [0.15, 0.2) is 0 Å². The van der Waals surface area contributed by atoms with Crippen molar-refractivity contribution >= 4 is 33.4 Å². The number of nitrogens with one attached hydrogen (secondary N) is 1. The second-order valence-corrected chi connectivity index (χ2v) is 8.06. The van der Waals surface area contributed by atoms with E-state index < -0.39 is 24.5 Å². The van der Waals surface area contributed by atoms with Crippen molar-refractivity contribution in [3.63, 3.8) is 0 Å². The molecule has 1 aromatic carbocycles. The number of dihydropyridines is 1. The Morgan fingerprint density at radius 2 is 1.93 bits per heavy atom. The number of aliphatic hydroxyl groups excluding tert-OH is 1. The molecule has 2 aliphatic rings. The molecule has 0 radical (unpaired) electrons. The number of rotatable bonds is 5. The molecule has 0 bridgehead atoms. The Balaban J connectivity index is 2.03. The van der Waals surface area contributed by atoms with Crippen molar-refractivity contribution in [2.24, 2.45) is 5.92 Å². The van der Waals surface area contributed by atoms with E-state index in [9.17, 15) is 20.0 Å². The van der Waals surface area contributed by atoms with E-state index in [1.165, 1.54) is 25.6 Å². The van der Waals surface area contributed by atoms with E-state index in [2.05, 4.69) is 11.4 Å². The van der Waals surface area contributed by atoms with Crippen molar-refractivity contribution in [2.75, 3.05) is 20.8 Å². The van der Waals surface area contributed by atoms with Gasteiger partial charge in [-0.15, -0.1) is 11.3 Å². The highest BCUT2D eigenvalue weighted by atomic mass is 32.1. The van der Waals surface area contributed by atoms with Crippen LogP contribution in [-0.4, -0.2) is 37.9 Å². The molecule has 1 aliphatic carbocycles. The van der Waals surface area contributed by atoms with Gasteiger partial charge in [0.05, 0.1) is 53.9 Å². The molecule has 1 aliphatic heterocycles. The fraction of sp³-hybridized carbons (Fsp3) is 0.318. The van der Waals surface area contributed by atoms with E-state index in [1.54, 1.807) is 12.1 Å². The number of fused-ring (bicyclic) bond motifs is 1. The minimum Gasteiger partial charge on any atom is -0.466 e. The van der Waals surface area contributed by atoms with Crippen LogP contribution in [0.1, 0.15) is 29.9 Å². The lowest BCUT2D eigenvalue weighted by molar-refractivity contribution is -0.137. The second-order valence-electron chi connectivity index (χ2n) is 7.18. The number of nitrogens with zero attached hydrogens (tertiary/aromatic N) is 1. The zero-order valence-electron chi connectivity index (χ0n) is 16.5. The Bertz CT molecular complexity index is 1150. The average molecular weight is 424 g/mol. The number of esters is 2. The Morgan fingerprint density at radius 3 is 2.53 bits per heavy atom. The molecule has 1 aromatic heterocycles. The Hall–Kier alpha value is -3.15. The summed E-state index contributed by atoms with van der Waals surface area (Å²) < 4.78 is 10.9. The third-order valence-electron chi connectivity index (χ3n) is 5.49. The highest BCUT2D eigenvalue weighted by Gasteiger charge is 2.44. The first-order valence-corrected chi connectivity index (χ1v) is 10.3. The molecule has 8 heteroatoms. The summed E-state index contributed by atoms with van der Waals surface area (Å²) in [4.78, 5) is 25.7. The van der Waals surface area contributed by atoms with Crippen LogP contribution in [0, 0.1) is 17.2 Å². The summed E-state index contributed by atoms with van der Waals surface area (Å²) in [5, 5.41) is 25.2. The zero-order chi connectivity index (χ0) is 21.4. The summed E-state index contributed by atoms with van der Waals surface area (Å²) in [7, 11) is 2.57. The van der Waals surface area contributed by atoms with Crippen molar-refractivity contribution in [1.82, 2.24) is 5.32 Å². The maximum atomic E-state index is 12.9. The number of allylic oxidation sites excluding steroid dienone is 1. The van der Waals surface area contributed by atoms with Crippen LogP contribution < -0.4 is 5.32 Å². The van der Waals surface area contributed by atoms with Gasteiger partial charge in [0.25, 0.3) is 0 Å². The van der Waals surface area contributed by atoms with E-state index in [0.717, 1.165) is 22.9 Å². The van der Waals surface area contributed by atoms with Gasteiger partial charge in [-0.05, 0) is 41.2 Å². The Morgan fingerprint density at radius 1 is 1.23 bits per heavy atom. The molecule has 7 nitrogen and oxygen atoms in total. The van der Waals surface area contributed by atoms with Gasteiger partial charge in [-0.3, -0.25) is 0 Å². The molecule has 1 atom stereocenters. The lowest BCUT2D eigenvalue weighted by Crippen LogP contribution is -2.35. The van der Waals surface area contributed by atoms with Gasteiger partial charge in [-0.2, -0.15) is 5.26 Å². The lowest BCUT2D eigenvalue weighted by Gasteiger charge is -2.31. The number of carbonyl (C=O) groups excluding carboxylic acids is 2. The molecule has 0 saturated heterocycles. The number of ether oxygens (including phenoxy) is 2. The van der Waals surface area contributed by atoms with Crippen LogP contribution in [0.5, 0.6) is 0 Å².